The second-order valence-electron chi connectivity index (χ2n) is 5.85. The van der Waals surface area contributed by atoms with Gasteiger partial charge in [-0.25, -0.2) is 4.98 Å². The number of benzene rings is 2. The number of nitro groups is 1. The molecule has 8 heteroatoms. The summed E-state index contributed by atoms with van der Waals surface area (Å²) in [4.78, 5) is 27.8. The molecule has 27 heavy (non-hydrogen) atoms. The van der Waals surface area contributed by atoms with Crippen LogP contribution in [0.25, 0.3) is 0 Å². The van der Waals surface area contributed by atoms with Gasteiger partial charge < -0.3 is 14.6 Å². The van der Waals surface area contributed by atoms with Gasteiger partial charge in [-0.3, -0.25) is 14.9 Å². The van der Waals surface area contributed by atoms with Crippen LogP contribution in [0.15, 0.2) is 60.9 Å². The Balaban J connectivity index is 1.98. The Labute approximate surface area is 155 Å². The van der Waals surface area contributed by atoms with Gasteiger partial charge in [0.2, 0.25) is 0 Å². The highest BCUT2D eigenvalue weighted by molar-refractivity contribution is 5.98. The monoisotopic (exact) mass is 366 g/mol. The van der Waals surface area contributed by atoms with Crippen LogP contribution in [-0.2, 0) is 7.05 Å². The quantitative estimate of drug-likeness (QED) is 0.534. The highest BCUT2D eigenvalue weighted by Crippen LogP contribution is 2.25. The minimum absolute atomic E-state index is 0.00443. The van der Waals surface area contributed by atoms with E-state index in [4.69, 9.17) is 4.74 Å². The van der Waals surface area contributed by atoms with Gasteiger partial charge >= 0.3 is 0 Å². The molecule has 1 amide bonds. The highest BCUT2D eigenvalue weighted by Gasteiger charge is 2.25. The van der Waals surface area contributed by atoms with E-state index < -0.39 is 16.9 Å². The largest absolute Gasteiger partial charge is 0.497 e. The fourth-order valence-corrected chi connectivity index (χ4v) is 2.78. The lowest BCUT2D eigenvalue weighted by atomic mass is 10.0. The summed E-state index contributed by atoms with van der Waals surface area (Å²) in [7, 11) is 3.39. The molecule has 3 rings (SSSR count). The number of ether oxygens (including phenoxy) is 1. The Morgan fingerprint density at radius 3 is 2.52 bits per heavy atom. The van der Waals surface area contributed by atoms with Crippen LogP contribution in [0.2, 0.25) is 0 Å². The van der Waals surface area contributed by atoms with Crippen LogP contribution in [-0.4, -0.2) is 27.5 Å². The summed E-state index contributed by atoms with van der Waals surface area (Å²) in [6, 6.07) is 12.5. The molecule has 0 aliphatic heterocycles. The summed E-state index contributed by atoms with van der Waals surface area (Å²) in [5, 5.41) is 14.1. The number of aromatic nitrogens is 2. The number of carbonyl (C=O) groups excluding carboxylic acids is 1. The van der Waals surface area contributed by atoms with Gasteiger partial charge in [-0.05, 0) is 23.8 Å². The predicted molar refractivity (Wildman–Crippen MR) is 98.6 cm³/mol. The molecule has 138 valence electrons. The van der Waals surface area contributed by atoms with Gasteiger partial charge in [0, 0.05) is 25.5 Å². The lowest BCUT2D eigenvalue weighted by molar-refractivity contribution is -0.385. The van der Waals surface area contributed by atoms with Crippen molar-refractivity contribution < 1.29 is 14.5 Å². The van der Waals surface area contributed by atoms with Crippen molar-refractivity contribution in [2.75, 3.05) is 7.11 Å². The molecule has 1 N–H and O–H groups in total. The number of imidazole rings is 1. The van der Waals surface area contributed by atoms with Crippen molar-refractivity contribution in [2.24, 2.45) is 7.05 Å². The van der Waals surface area contributed by atoms with E-state index in [9.17, 15) is 14.9 Å². The average molecular weight is 366 g/mol. The number of aryl methyl sites for hydroxylation is 1. The molecule has 0 bridgehead atoms. The first kappa shape index (κ1) is 18.1. The maximum atomic E-state index is 12.8. The highest BCUT2D eigenvalue weighted by atomic mass is 16.6. The van der Waals surface area contributed by atoms with Crippen LogP contribution in [0, 0.1) is 10.1 Å². The molecule has 0 spiro atoms. The maximum Gasteiger partial charge on any atom is 0.282 e. The van der Waals surface area contributed by atoms with Crippen LogP contribution < -0.4 is 10.1 Å². The summed E-state index contributed by atoms with van der Waals surface area (Å²) in [6.45, 7) is 0. The first-order valence-corrected chi connectivity index (χ1v) is 8.16. The molecule has 1 atom stereocenters. The third-order valence-corrected chi connectivity index (χ3v) is 4.19. The topological polar surface area (TPSA) is 99.3 Å². The van der Waals surface area contributed by atoms with Crippen molar-refractivity contribution in [1.29, 1.82) is 0 Å². The van der Waals surface area contributed by atoms with E-state index >= 15 is 0 Å². The first-order chi connectivity index (χ1) is 13.0. The summed E-state index contributed by atoms with van der Waals surface area (Å²) in [5.74, 6) is 0.737. The lowest BCUT2D eigenvalue weighted by Crippen LogP contribution is -2.31. The van der Waals surface area contributed by atoms with E-state index in [0.717, 1.165) is 5.56 Å². The van der Waals surface area contributed by atoms with Gasteiger partial charge in [0.1, 0.15) is 23.2 Å². The third-order valence-electron chi connectivity index (χ3n) is 4.19. The SMILES string of the molecule is COc1ccc([C@@H](NC(=O)c2ccccc2[N+](=O)[O-])c2nccn2C)cc1. The van der Waals surface area contributed by atoms with Crippen molar-refractivity contribution in [1.82, 2.24) is 14.9 Å². The molecule has 0 unspecified atom stereocenters. The van der Waals surface area contributed by atoms with Crippen LogP contribution in [0.3, 0.4) is 0 Å². The Morgan fingerprint density at radius 1 is 1.22 bits per heavy atom. The molecule has 0 saturated heterocycles. The zero-order valence-electron chi connectivity index (χ0n) is 14.8. The number of amides is 1. The van der Waals surface area contributed by atoms with E-state index in [-0.39, 0.29) is 11.3 Å². The van der Waals surface area contributed by atoms with E-state index in [1.165, 1.54) is 18.2 Å². The van der Waals surface area contributed by atoms with E-state index in [0.29, 0.717) is 11.6 Å². The number of methoxy groups -OCH3 is 1. The fourth-order valence-electron chi connectivity index (χ4n) is 2.78. The number of nitrogens with one attached hydrogen (secondary N) is 1. The third kappa shape index (κ3) is 3.79. The van der Waals surface area contributed by atoms with Crippen LogP contribution >= 0.6 is 0 Å². The van der Waals surface area contributed by atoms with E-state index in [1.807, 2.05) is 19.2 Å². The smallest absolute Gasteiger partial charge is 0.282 e. The molecule has 1 heterocycles. The number of nitro benzene ring substituents is 1. The van der Waals surface area contributed by atoms with Crippen molar-refractivity contribution in [3.05, 3.63) is 88.0 Å². The molecule has 2 aromatic carbocycles. The van der Waals surface area contributed by atoms with Gasteiger partial charge in [0.25, 0.3) is 11.6 Å². The van der Waals surface area contributed by atoms with Crippen LogP contribution in [0.5, 0.6) is 5.75 Å². The van der Waals surface area contributed by atoms with E-state index in [2.05, 4.69) is 10.3 Å². The van der Waals surface area contributed by atoms with Crippen molar-refractivity contribution in [3.8, 4) is 5.75 Å². The van der Waals surface area contributed by atoms with Crippen LogP contribution in [0.1, 0.15) is 27.8 Å². The van der Waals surface area contributed by atoms with Gasteiger partial charge in [-0.1, -0.05) is 24.3 Å². The number of carbonyl (C=O) groups is 1. The molecular weight excluding hydrogens is 348 g/mol. The molecule has 3 aromatic rings. The van der Waals surface area contributed by atoms with Crippen molar-refractivity contribution in [2.45, 2.75) is 6.04 Å². The number of hydrogen-bond donors (Lipinski definition) is 1. The minimum atomic E-state index is -0.580. The second-order valence-corrected chi connectivity index (χ2v) is 5.85. The van der Waals surface area contributed by atoms with Gasteiger partial charge in [0.15, 0.2) is 0 Å². The standard InChI is InChI=1S/C19H18N4O4/c1-22-12-11-20-18(22)17(13-7-9-14(27-2)10-8-13)21-19(24)15-5-3-4-6-16(15)23(25)26/h3-12,17H,1-2H3,(H,21,24)/t17-/m1/s1. The van der Waals surface area contributed by atoms with Gasteiger partial charge in [-0.15, -0.1) is 0 Å². The van der Waals surface area contributed by atoms with Gasteiger partial charge in [0.05, 0.1) is 12.0 Å². The summed E-state index contributed by atoms with van der Waals surface area (Å²) in [6.07, 6.45) is 3.39. The van der Waals surface area contributed by atoms with Crippen molar-refractivity contribution in [3.63, 3.8) is 0 Å². The predicted octanol–water partition coefficient (Wildman–Crippen LogP) is 2.86. The average Bonchev–Trinajstić information content (AvgIpc) is 3.11. The second kappa shape index (κ2) is 7.69. The summed E-state index contributed by atoms with van der Waals surface area (Å²) < 4.78 is 6.96. The Kier molecular flexibility index (Phi) is 5.16. The number of hydrogen-bond acceptors (Lipinski definition) is 5. The molecule has 0 aliphatic rings. The number of nitrogens with zero attached hydrogens (tertiary/aromatic N) is 3. The molecule has 0 saturated carbocycles. The lowest BCUT2D eigenvalue weighted by Gasteiger charge is -2.19. The zero-order valence-corrected chi connectivity index (χ0v) is 14.8. The molecule has 0 aliphatic carbocycles. The Morgan fingerprint density at radius 2 is 1.93 bits per heavy atom. The number of rotatable bonds is 6. The van der Waals surface area contributed by atoms with Crippen LogP contribution in [0.4, 0.5) is 5.69 Å². The summed E-state index contributed by atoms with van der Waals surface area (Å²) >= 11 is 0. The van der Waals surface area contributed by atoms with Crippen molar-refractivity contribution >= 4 is 11.6 Å². The molecule has 1 aromatic heterocycles. The zero-order chi connectivity index (χ0) is 19.4. The van der Waals surface area contributed by atoms with Gasteiger partial charge in [-0.2, -0.15) is 0 Å². The molecular formula is C19H18N4O4. The Hall–Kier alpha value is -3.68. The minimum Gasteiger partial charge on any atom is -0.497 e. The summed E-state index contributed by atoms with van der Waals surface area (Å²) in [5.41, 5.74) is 0.524. The fraction of sp³-hybridized carbons (Fsp3) is 0.158. The number of para-hydroxylation sites is 1. The van der Waals surface area contributed by atoms with E-state index in [1.54, 1.807) is 42.3 Å². The molecule has 0 fully saturated rings. The normalized spacial score (nSPS) is 11.6. The Bertz CT molecular complexity index is 966. The first-order valence-electron chi connectivity index (χ1n) is 8.16. The maximum absolute atomic E-state index is 12.8. The molecule has 8 nitrogen and oxygen atoms in total. The molecule has 0 radical (unpaired) electrons.